The van der Waals surface area contributed by atoms with Gasteiger partial charge in [-0.05, 0) is 62.9 Å². The van der Waals surface area contributed by atoms with Crippen molar-refractivity contribution in [3.63, 3.8) is 0 Å². The summed E-state index contributed by atoms with van der Waals surface area (Å²) in [4.78, 5) is 24.8. The van der Waals surface area contributed by atoms with Crippen molar-refractivity contribution in [3.8, 4) is 11.5 Å². The second-order valence-electron chi connectivity index (χ2n) is 8.19. The Bertz CT molecular complexity index is 922. The van der Waals surface area contributed by atoms with Crippen LogP contribution in [0.2, 0.25) is 0 Å². The van der Waals surface area contributed by atoms with Crippen molar-refractivity contribution < 1.29 is 23.8 Å². The minimum absolute atomic E-state index is 0.169. The Morgan fingerprint density at radius 1 is 1.06 bits per heavy atom. The SMILES string of the molecule is O=C(COCC(=O)N1CCCN1C(=S)NCCC1=CCCCC1)Nc1ccc2c(c1)OCO2. The number of carbonyl (C=O) groups is 2. The molecule has 2 aliphatic heterocycles. The molecule has 3 aliphatic rings. The third-order valence-corrected chi connectivity index (χ3v) is 6.13. The summed E-state index contributed by atoms with van der Waals surface area (Å²) in [5, 5.41) is 9.95. The van der Waals surface area contributed by atoms with Crippen LogP contribution in [0.4, 0.5) is 5.69 Å². The normalized spacial score (nSPS) is 17.0. The number of nitrogens with zero attached hydrogens (tertiary/aromatic N) is 2. The fourth-order valence-electron chi connectivity index (χ4n) is 4.11. The molecule has 4 rings (SSSR count). The van der Waals surface area contributed by atoms with E-state index in [9.17, 15) is 9.59 Å². The number of fused-ring (bicyclic) bond motifs is 1. The summed E-state index contributed by atoms with van der Waals surface area (Å²) in [7, 11) is 0. The predicted molar refractivity (Wildman–Crippen MR) is 127 cm³/mol. The highest BCUT2D eigenvalue weighted by molar-refractivity contribution is 7.80. The highest BCUT2D eigenvalue weighted by atomic mass is 32.1. The highest BCUT2D eigenvalue weighted by Gasteiger charge is 2.28. The van der Waals surface area contributed by atoms with E-state index in [1.165, 1.54) is 31.3 Å². The first kappa shape index (κ1) is 23.3. The minimum Gasteiger partial charge on any atom is -0.454 e. The van der Waals surface area contributed by atoms with Crippen LogP contribution < -0.4 is 20.1 Å². The lowest BCUT2D eigenvalue weighted by Gasteiger charge is -2.30. The van der Waals surface area contributed by atoms with E-state index in [2.05, 4.69) is 16.7 Å². The summed E-state index contributed by atoms with van der Waals surface area (Å²) >= 11 is 5.52. The molecule has 178 valence electrons. The van der Waals surface area contributed by atoms with Crippen LogP contribution in [-0.4, -0.2) is 66.6 Å². The van der Waals surface area contributed by atoms with Gasteiger partial charge in [0.15, 0.2) is 16.6 Å². The number of hydrogen-bond acceptors (Lipinski definition) is 6. The van der Waals surface area contributed by atoms with Gasteiger partial charge in [-0.3, -0.25) is 14.6 Å². The third kappa shape index (κ3) is 6.35. The van der Waals surface area contributed by atoms with E-state index in [0.29, 0.717) is 35.4 Å². The predicted octanol–water partition coefficient (Wildman–Crippen LogP) is 2.58. The molecule has 2 amide bonds. The van der Waals surface area contributed by atoms with Gasteiger partial charge in [-0.25, -0.2) is 5.01 Å². The van der Waals surface area contributed by atoms with Gasteiger partial charge in [0.05, 0.1) is 0 Å². The summed E-state index contributed by atoms with van der Waals surface area (Å²) in [6.07, 6.45) is 9.03. The molecule has 1 fully saturated rings. The van der Waals surface area contributed by atoms with Gasteiger partial charge in [0.1, 0.15) is 13.2 Å². The zero-order valence-electron chi connectivity index (χ0n) is 18.6. The van der Waals surface area contributed by atoms with Crippen LogP contribution in [0.5, 0.6) is 11.5 Å². The van der Waals surface area contributed by atoms with Gasteiger partial charge in [0, 0.05) is 31.4 Å². The quantitative estimate of drug-likeness (QED) is 0.439. The van der Waals surface area contributed by atoms with E-state index in [-0.39, 0.29) is 31.8 Å². The van der Waals surface area contributed by atoms with E-state index in [4.69, 9.17) is 26.4 Å². The van der Waals surface area contributed by atoms with Crippen molar-refractivity contribution in [1.29, 1.82) is 0 Å². The molecule has 0 unspecified atom stereocenters. The van der Waals surface area contributed by atoms with Crippen molar-refractivity contribution >= 4 is 34.8 Å². The molecular weight excluding hydrogens is 444 g/mol. The Kier molecular flexibility index (Phi) is 8.01. The van der Waals surface area contributed by atoms with Crippen LogP contribution in [0.25, 0.3) is 0 Å². The Morgan fingerprint density at radius 2 is 1.91 bits per heavy atom. The number of anilines is 1. The highest BCUT2D eigenvalue weighted by Crippen LogP contribution is 2.34. The van der Waals surface area contributed by atoms with Crippen LogP contribution in [-0.2, 0) is 14.3 Å². The van der Waals surface area contributed by atoms with E-state index < -0.39 is 0 Å². The van der Waals surface area contributed by atoms with Crippen LogP contribution >= 0.6 is 12.2 Å². The lowest BCUT2D eigenvalue weighted by Crippen LogP contribution is -2.50. The Morgan fingerprint density at radius 3 is 2.76 bits per heavy atom. The standard InChI is InChI=1S/C23H30N4O5S/c28-21(25-18-7-8-19-20(13-18)32-16-31-19)14-30-15-22(29)26-11-4-12-27(26)23(33)24-10-9-17-5-2-1-3-6-17/h5,7-8,13H,1-4,6,9-12,14-16H2,(H,24,33)(H,25,28). The van der Waals surface area contributed by atoms with Crippen LogP contribution in [0, 0.1) is 0 Å². The number of thiocarbonyl (C=S) groups is 1. The first-order valence-corrected chi connectivity index (χ1v) is 11.8. The van der Waals surface area contributed by atoms with E-state index in [1.807, 2.05) is 0 Å². The molecule has 0 radical (unpaired) electrons. The number of hydrazine groups is 1. The summed E-state index contributed by atoms with van der Waals surface area (Å²) in [6, 6.07) is 5.14. The van der Waals surface area contributed by atoms with E-state index in [0.717, 1.165) is 19.4 Å². The zero-order valence-corrected chi connectivity index (χ0v) is 19.5. The van der Waals surface area contributed by atoms with Crippen molar-refractivity contribution in [2.24, 2.45) is 0 Å². The average Bonchev–Trinajstić information content (AvgIpc) is 3.49. The molecule has 10 heteroatoms. The minimum atomic E-state index is -0.353. The summed E-state index contributed by atoms with van der Waals surface area (Å²) in [5.41, 5.74) is 2.06. The number of nitrogens with one attached hydrogen (secondary N) is 2. The summed E-state index contributed by atoms with van der Waals surface area (Å²) in [6.45, 7) is 1.78. The fraction of sp³-hybridized carbons (Fsp3) is 0.522. The van der Waals surface area contributed by atoms with Gasteiger partial charge in [-0.1, -0.05) is 11.6 Å². The maximum atomic E-state index is 12.6. The smallest absolute Gasteiger partial charge is 0.267 e. The van der Waals surface area contributed by atoms with E-state index in [1.54, 1.807) is 28.2 Å². The van der Waals surface area contributed by atoms with Gasteiger partial charge in [-0.15, -0.1) is 0 Å². The molecule has 1 aromatic carbocycles. The molecule has 1 saturated heterocycles. The third-order valence-electron chi connectivity index (χ3n) is 5.78. The van der Waals surface area contributed by atoms with Gasteiger partial charge in [-0.2, -0.15) is 0 Å². The molecule has 0 spiro atoms. The molecule has 0 saturated carbocycles. The maximum Gasteiger partial charge on any atom is 0.267 e. The van der Waals surface area contributed by atoms with Gasteiger partial charge < -0.3 is 24.8 Å². The Labute approximate surface area is 199 Å². The number of carbonyl (C=O) groups excluding carboxylic acids is 2. The Balaban J connectivity index is 1.17. The lowest BCUT2D eigenvalue weighted by atomic mass is 9.97. The molecule has 9 nitrogen and oxygen atoms in total. The van der Waals surface area contributed by atoms with Crippen molar-refractivity contribution in [2.75, 3.05) is 45.0 Å². The van der Waals surface area contributed by atoms with Gasteiger partial charge in [0.2, 0.25) is 12.7 Å². The van der Waals surface area contributed by atoms with Gasteiger partial charge in [0.25, 0.3) is 5.91 Å². The largest absolute Gasteiger partial charge is 0.454 e. The molecule has 1 aliphatic carbocycles. The number of hydrogen-bond donors (Lipinski definition) is 2. The molecule has 0 aromatic heterocycles. The zero-order chi connectivity index (χ0) is 23.0. The molecule has 2 heterocycles. The van der Waals surface area contributed by atoms with Crippen LogP contribution in [0.3, 0.4) is 0 Å². The fourth-order valence-corrected chi connectivity index (χ4v) is 4.40. The Hall–Kier alpha value is -2.85. The average molecular weight is 475 g/mol. The summed E-state index contributed by atoms with van der Waals surface area (Å²) in [5.74, 6) is 0.651. The number of allylic oxidation sites excluding steroid dienone is 1. The van der Waals surface area contributed by atoms with Gasteiger partial charge >= 0.3 is 0 Å². The molecule has 1 aromatic rings. The van der Waals surface area contributed by atoms with Crippen molar-refractivity contribution in [3.05, 3.63) is 29.8 Å². The number of rotatable bonds is 8. The second kappa shape index (κ2) is 11.3. The number of amides is 2. The first-order valence-electron chi connectivity index (χ1n) is 11.4. The number of benzene rings is 1. The molecule has 33 heavy (non-hydrogen) atoms. The van der Waals surface area contributed by atoms with Crippen molar-refractivity contribution in [2.45, 2.75) is 38.5 Å². The van der Waals surface area contributed by atoms with Crippen LogP contribution in [0.1, 0.15) is 38.5 Å². The molecular formula is C23H30N4O5S. The monoisotopic (exact) mass is 474 g/mol. The topological polar surface area (TPSA) is 92.4 Å². The van der Waals surface area contributed by atoms with E-state index >= 15 is 0 Å². The van der Waals surface area contributed by atoms with Crippen molar-refractivity contribution in [1.82, 2.24) is 15.3 Å². The number of ether oxygens (including phenoxy) is 3. The second-order valence-corrected chi connectivity index (χ2v) is 8.58. The van der Waals surface area contributed by atoms with Crippen LogP contribution in [0.15, 0.2) is 29.8 Å². The maximum absolute atomic E-state index is 12.6. The summed E-state index contributed by atoms with van der Waals surface area (Å²) < 4.78 is 15.9. The molecule has 2 N–H and O–H groups in total. The molecule has 0 bridgehead atoms. The molecule has 0 atom stereocenters. The lowest BCUT2D eigenvalue weighted by molar-refractivity contribution is -0.144. The first-order chi connectivity index (χ1) is 16.1.